The molecule has 37 heavy (non-hydrogen) atoms. The van der Waals surface area contributed by atoms with Crippen molar-refractivity contribution >= 4 is 32.1 Å². The first-order chi connectivity index (χ1) is 17.9. The van der Waals surface area contributed by atoms with Crippen LogP contribution >= 0.6 is 11.3 Å². The lowest BCUT2D eigenvalue weighted by molar-refractivity contribution is 0.415. The van der Waals surface area contributed by atoms with Crippen molar-refractivity contribution in [3.63, 3.8) is 0 Å². The van der Waals surface area contributed by atoms with Crippen molar-refractivity contribution in [3.8, 4) is 28.3 Å². The summed E-state index contributed by atoms with van der Waals surface area (Å²) in [6.07, 6.45) is 4.26. The van der Waals surface area contributed by atoms with Crippen LogP contribution in [0.2, 0.25) is 0 Å². The van der Waals surface area contributed by atoms with Gasteiger partial charge in [-0.2, -0.15) is 0 Å². The van der Waals surface area contributed by atoms with Crippen LogP contribution < -0.4 is 14.8 Å². The van der Waals surface area contributed by atoms with Gasteiger partial charge in [0.05, 0.1) is 23.4 Å². The third-order valence-corrected chi connectivity index (χ3v) is 7.95. The van der Waals surface area contributed by atoms with Crippen molar-refractivity contribution in [1.82, 2.24) is 19.1 Å². The molecular weight excluding hydrogens is 513 g/mol. The number of hydrogen-bond donors (Lipinski definition) is 2. The minimum Gasteiger partial charge on any atom is -0.497 e. The van der Waals surface area contributed by atoms with E-state index < -0.39 is 15.8 Å². The summed E-state index contributed by atoms with van der Waals surface area (Å²) in [6, 6.07) is 16.4. The number of anilines is 1. The normalized spacial score (nSPS) is 11.6. The summed E-state index contributed by atoms with van der Waals surface area (Å²) in [5.41, 5.74) is 3.68. The molecule has 0 saturated carbocycles. The predicted octanol–water partition coefficient (Wildman–Crippen LogP) is 5.05. The largest absolute Gasteiger partial charge is 0.497 e. The zero-order valence-electron chi connectivity index (χ0n) is 19.9. The third-order valence-electron chi connectivity index (χ3n) is 5.71. The second-order valence-electron chi connectivity index (χ2n) is 8.16. The van der Waals surface area contributed by atoms with E-state index in [1.807, 2.05) is 48.0 Å². The van der Waals surface area contributed by atoms with Crippen molar-refractivity contribution in [3.05, 3.63) is 84.3 Å². The van der Waals surface area contributed by atoms with E-state index in [1.54, 1.807) is 24.6 Å². The Morgan fingerprint density at radius 1 is 1.05 bits per heavy atom. The standard InChI is InChI=1S/C26H24FN5O3S2/c1-35-21-5-2-4-18(16-21)24-25(32-14-15-36-26(32)31-24)19-10-13-29-23(17-19)28-11-3-12-30-37(33,34)22-8-6-20(27)7-9-22/h2,4-10,13-17,30H,3,11-12H2,1H3,(H,28,29). The van der Waals surface area contributed by atoms with Gasteiger partial charge in [-0.05, 0) is 55.0 Å². The molecule has 0 unspecified atom stereocenters. The summed E-state index contributed by atoms with van der Waals surface area (Å²) in [4.78, 5) is 10.2. The summed E-state index contributed by atoms with van der Waals surface area (Å²) in [7, 11) is -2.05. The molecule has 0 aliphatic heterocycles. The maximum Gasteiger partial charge on any atom is 0.240 e. The molecule has 0 aliphatic rings. The first kappa shape index (κ1) is 24.9. The van der Waals surface area contributed by atoms with Gasteiger partial charge in [0, 0.05) is 42.0 Å². The van der Waals surface area contributed by atoms with Crippen molar-refractivity contribution < 1.29 is 17.5 Å². The van der Waals surface area contributed by atoms with Crippen LogP contribution in [0.1, 0.15) is 6.42 Å². The maximum atomic E-state index is 13.1. The monoisotopic (exact) mass is 537 g/mol. The topological polar surface area (TPSA) is 97.6 Å². The molecule has 0 atom stereocenters. The van der Waals surface area contributed by atoms with E-state index in [0.29, 0.717) is 18.8 Å². The van der Waals surface area contributed by atoms with E-state index >= 15 is 0 Å². The molecule has 8 nitrogen and oxygen atoms in total. The number of sulfonamides is 1. The summed E-state index contributed by atoms with van der Waals surface area (Å²) in [6.45, 7) is 0.732. The van der Waals surface area contributed by atoms with Crippen LogP contribution in [0.4, 0.5) is 10.2 Å². The van der Waals surface area contributed by atoms with Crippen LogP contribution in [-0.4, -0.2) is 43.0 Å². The number of imidazole rings is 1. The smallest absolute Gasteiger partial charge is 0.240 e. The zero-order valence-corrected chi connectivity index (χ0v) is 21.5. The number of thiazole rings is 1. The Labute approximate surface area is 217 Å². The lowest BCUT2D eigenvalue weighted by atomic mass is 10.1. The molecule has 3 aromatic heterocycles. The van der Waals surface area contributed by atoms with Crippen LogP contribution in [0, 0.1) is 5.82 Å². The first-order valence-electron chi connectivity index (χ1n) is 11.5. The highest BCUT2D eigenvalue weighted by Crippen LogP contribution is 2.36. The third kappa shape index (κ3) is 5.48. The average molecular weight is 538 g/mol. The minimum absolute atomic E-state index is 0.0311. The van der Waals surface area contributed by atoms with E-state index in [9.17, 15) is 12.8 Å². The van der Waals surface area contributed by atoms with Gasteiger partial charge in [-0.1, -0.05) is 12.1 Å². The molecule has 2 N–H and O–H groups in total. The number of hydrogen-bond acceptors (Lipinski definition) is 7. The number of rotatable bonds is 10. The van der Waals surface area contributed by atoms with Crippen LogP contribution in [0.25, 0.3) is 27.5 Å². The Balaban J connectivity index is 1.29. The molecule has 0 fully saturated rings. The first-order valence-corrected chi connectivity index (χ1v) is 13.9. The molecule has 0 saturated heterocycles. The fraction of sp³-hybridized carbons (Fsp3) is 0.154. The van der Waals surface area contributed by atoms with Gasteiger partial charge in [0.15, 0.2) is 4.96 Å². The molecule has 2 aromatic carbocycles. The lowest BCUT2D eigenvalue weighted by Gasteiger charge is -2.10. The number of benzene rings is 2. The second-order valence-corrected chi connectivity index (χ2v) is 10.8. The predicted molar refractivity (Wildman–Crippen MR) is 143 cm³/mol. The number of halogens is 1. The number of nitrogens with zero attached hydrogens (tertiary/aromatic N) is 3. The number of aromatic nitrogens is 3. The molecule has 5 aromatic rings. The maximum absolute atomic E-state index is 13.1. The van der Waals surface area contributed by atoms with E-state index in [-0.39, 0.29) is 11.4 Å². The SMILES string of the molecule is COc1cccc(-c2nc3sccn3c2-c2ccnc(NCCCNS(=O)(=O)c3ccc(F)cc3)c2)c1. The summed E-state index contributed by atoms with van der Waals surface area (Å²) < 4.78 is 47.8. The van der Waals surface area contributed by atoms with E-state index in [1.165, 1.54) is 12.1 Å². The van der Waals surface area contributed by atoms with Crippen molar-refractivity contribution in [1.29, 1.82) is 0 Å². The molecule has 3 heterocycles. The molecule has 190 valence electrons. The van der Waals surface area contributed by atoms with Crippen molar-refractivity contribution in [2.45, 2.75) is 11.3 Å². The molecule has 0 amide bonds. The molecule has 5 rings (SSSR count). The molecule has 0 radical (unpaired) electrons. The summed E-state index contributed by atoms with van der Waals surface area (Å²) >= 11 is 1.56. The van der Waals surface area contributed by atoms with Crippen LogP contribution in [-0.2, 0) is 10.0 Å². The number of fused-ring (bicyclic) bond motifs is 1. The van der Waals surface area contributed by atoms with Gasteiger partial charge in [-0.3, -0.25) is 4.40 Å². The highest BCUT2D eigenvalue weighted by molar-refractivity contribution is 7.89. The van der Waals surface area contributed by atoms with Gasteiger partial charge in [-0.15, -0.1) is 11.3 Å². The molecule has 0 aliphatic carbocycles. The van der Waals surface area contributed by atoms with Gasteiger partial charge < -0.3 is 10.1 Å². The summed E-state index contributed by atoms with van der Waals surface area (Å²) in [5.74, 6) is 0.941. The average Bonchev–Trinajstić information content (AvgIpc) is 3.50. The second kappa shape index (κ2) is 10.7. The zero-order chi connectivity index (χ0) is 25.8. The van der Waals surface area contributed by atoms with E-state index in [4.69, 9.17) is 9.72 Å². The Morgan fingerprint density at radius 3 is 2.70 bits per heavy atom. The Bertz CT molecular complexity index is 1630. The number of methoxy groups -OCH3 is 1. The lowest BCUT2D eigenvalue weighted by Crippen LogP contribution is -2.26. The van der Waals surface area contributed by atoms with Crippen LogP contribution in [0.3, 0.4) is 0 Å². The van der Waals surface area contributed by atoms with E-state index in [2.05, 4.69) is 19.4 Å². The van der Waals surface area contributed by atoms with Crippen molar-refractivity contribution in [2.75, 3.05) is 25.5 Å². The molecule has 11 heteroatoms. The van der Waals surface area contributed by atoms with Gasteiger partial charge in [0.25, 0.3) is 0 Å². The highest BCUT2D eigenvalue weighted by atomic mass is 32.2. The van der Waals surface area contributed by atoms with E-state index in [0.717, 1.165) is 45.4 Å². The van der Waals surface area contributed by atoms with Crippen LogP contribution in [0.15, 0.2) is 83.3 Å². The van der Waals surface area contributed by atoms with Gasteiger partial charge in [-0.25, -0.2) is 27.5 Å². The fourth-order valence-electron chi connectivity index (χ4n) is 3.92. The molecule has 0 spiro atoms. The Hall–Kier alpha value is -3.80. The number of nitrogens with one attached hydrogen (secondary N) is 2. The fourth-order valence-corrected chi connectivity index (χ4v) is 5.70. The number of ether oxygens (including phenoxy) is 1. The van der Waals surface area contributed by atoms with Gasteiger partial charge in [0.1, 0.15) is 17.4 Å². The van der Waals surface area contributed by atoms with Gasteiger partial charge >= 0.3 is 0 Å². The Kier molecular flexibility index (Phi) is 7.17. The van der Waals surface area contributed by atoms with Crippen molar-refractivity contribution in [2.24, 2.45) is 0 Å². The molecule has 0 bridgehead atoms. The minimum atomic E-state index is -3.69. The Morgan fingerprint density at radius 2 is 1.89 bits per heavy atom. The highest BCUT2D eigenvalue weighted by Gasteiger charge is 2.18. The van der Waals surface area contributed by atoms with Gasteiger partial charge in [0.2, 0.25) is 10.0 Å². The summed E-state index contributed by atoms with van der Waals surface area (Å²) in [5, 5.41) is 5.25. The quantitative estimate of drug-likeness (QED) is 0.242. The van der Waals surface area contributed by atoms with Crippen LogP contribution in [0.5, 0.6) is 5.75 Å². The number of pyridine rings is 1. The molecular formula is C26H24FN5O3S2.